The van der Waals surface area contributed by atoms with Crippen LogP contribution in [0.5, 0.6) is 0 Å². The molecule has 32 heteroatoms. The van der Waals surface area contributed by atoms with E-state index in [0.29, 0.717) is 38.5 Å². The number of ether oxygens (including phenoxy) is 1. The maximum atomic E-state index is 15.4. The van der Waals surface area contributed by atoms with Crippen LogP contribution in [0.2, 0.25) is 5.02 Å². The maximum absolute atomic E-state index is 15.4. The van der Waals surface area contributed by atoms with Crippen LogP contribution in [0.4, 0.5) is 26.3 Å². The van der Waals surface area contributed by atoms with Crippen molar-refractivity contribution in [3.8, 4) is 0 Å². The van der Waals surface area contributed by atoms with Crippen molar-refractivity contribution in [2.24, 2.45) is 17.8 Å². The van der Waals surface area contributed by atoms with Gasteiger partial charge in [-0.2, -0.15) is 26.3 Å². The van der Waals surface area contributed by atoms with Gasteiger partial charge in [0, 0.05) is 82.3 Å². The van der Waals surface area contributed by atoms with Gasteiger partial charge in [0.2, 0.25) is 70.9 Å². The number of nitrogens with one attached hydrogen (secondary N) is 4. The van der Waals surface area contributed by atoms with Crippen LogP contribution in [0.1, 0.15) is 153 Å². The first-order valence-corrected chi connectivity index (χ1v) is 37.1. The quantitative estimate of drug-likeness (QED) is 0.0469. The molecule has 4 N–H and O–H groups in total. The lowest BCUT2D eigenvalue weighted by Gasteiger charge is -2.41. The van der Waals surface area contributed by atoms with Crippen LogP contribution in [-0.4, -0.2) is 254 Å². The van der Waals surface area contributed by atoms with E-state index in [2.05, 4.69) is 21.3 Å². The Bertz CT molecular complexity index is 3510. The number of halogens is 7. The van der Waals surface area contributed by atoms with Crippen LogP contribution >= 0.6 is 11.6 Å². The molecule has 2 aliphatic heterocycles. The predicted molar refractivity (Wildman–Crippen MR) is 386 cm³/mol. The molecule has 3 fully saturated rings. The average Bonchev–Trinajstić information content (AvgIpc) is 1.68. The van der Waals surface area contributed by atoms with E-state index in [9.17, 15) is 59.9 Å². The van der Waals surface area contributed by atoms with Gasteiger partial charge in [-0.1, -0.05) is 102 Å². The zero-order valence-corrected chi connectivity index (χ0v) is 64.2. The van der Waals surface area contributed by atoms with Gasteiger partial charge in [0.05, 0.1) is 48.9 Å². The van der Waals surface area contributed by atoms with E-state index in [0.717, 1.165) is 74.9 Å². The highest BCUT2D eigenvalue weighted by molar-refractivity contribution is 6.31. The normalized spacial score (nSPS) is 19.1. The molecule has 2 aromatic rings. The van der Waals surface area contributed by atoms with Crippen LogP contribution in [0, 0.1) is 17.8 Å². The zero-order valence-electron chi connectivity index (χ0n) is 63.5. The molecule has 6 rings (SSSR count). The second-order valence-electron chi connectivity index (χ2n) is 29.4. The van der Waals surface area contributed by atoms with Crippen molar-refractivity contribution in [1.82, 2.24) is 60.5 Å². The molecule has 107 heavy (non-hydrogen) atoms. The number of hydrogen-bond acceptors (Lipinski definition) is 13. The monoisotopic (exact) mass is 1530 g/mol. The van der Waals surface area contributed by atoms with Crippen molar-refractivity contribution in [3.63, 3.8) is 0 Å². The van der Waals surface area contributed by atoms with E-state index in [1.54, 1.807) is 19.1 Å². The Morgan fingerprint density at radius 3 is 1.93 bits per heavy atom. The minimum Gasteiger partial charge on any atom is -0.375 e. The fraction of sp³-hybridized carbons (Fsp3) is 0.653. The number of likely N-dealkylation sites (tertiary alicyclic amines) is 1. The average molecular weight is 1530 g/mol. The van der Waals surface area contributed by atoms with Crippen LogP contribution in [0.25, 0.3) is 0 Å². The summed E-state index contributed by atoms with van der Waals surface area (Å²) in [6.07, 6.45) is -2.04. The van der Waals surface area contributed by atoms with E-state index in [1.807, 2.05) is 20.8 Å². The van der Waals surface area contributed by atoms with E-state index in [4.69, 9.17) is 16.3 Å². The second kappa shape index (κ2) is 39.1. The highest BCUT2D eigenvalue weighted by Crippen LogP contribution is 2.39. The Kier molecular flexibility index (Phi) is 32.0. The molecule has 2 heterocycles. The Hall–Kier alpha value is -8.35. The van der Waals surface area contributed by atoms with Gasteiger partial charge in [-0.25, -0.2) is 0 Å². The minimum atomic E-state index is -4.82. The van der Waals surface area contributed by atoms with Gasteiger partial charge < -0.3 is 65.2 Å². The van der Waals surface area contributed by atoms with Crippen molar-refractivity contribution in [1.29, 1.82) is 0 Å². The van der Waals surface area contributed by atoms with Gasteiger partial charge in [0.15, 0.2) is 0 Å². The van der Waals surface area contributed by atoms with Crippen molar-refractivity contribution in [2.45, 2.75) is 203 Å². The topological polar surface area (TPSA) is 288 Å². The molecule has 1 saturated heterocycles. The molecular formula is C75H107ClF6N12O13. The Morgan fingerprint density at radius 1 is 0.701 bits per heavy atom. The maximum Gasteiger partial charge on any atom is 0.417 e. The molecule has 25 nitrogen and oxygen atoms in total. The third-order valence-electron chi connectivity index (χ3n) is 21.0. The highest BCUT2D eigenvalue weighted by atomic mass is 35.5. The molecule has 2 aliphatic carbocycles. The molecule has 12 amide bonds. The first kappa shape index (κ1) is 87.6. The molecule has 2 saturated carbocycles. The summed E-state index contributed by atoms with van der Waals surface area (Å²) in [5.74, 6) is -8.68. The smallest absolute Gasteiger partial charge is 0.375 e. The van der Waals surface area contributed by atoms with Crippen LogP contribution < -0.4 is 21.3 Å². The standard InChI is InChI=1S/C75H107ClF6N12O13/c1-13-47(4)63(85-59(95)34-25-46(2)3)70(104)89(9)44-62(98)90(10)58-45-107-39-20-14-19-37-94(69(58)103)57(41-49-26-30-51(31-27-49)74(77,78)79)68(102)88(8)43-61(97)84-54(33-29-48-28-32-52(53(76)40-48)75(80,81)82)66(100)93-38-21-24-55(93)65(99)86-73(35-17-18-36-73)72(106)92(12)64(50-22-15-16-23-50)71(105)91(11)56(42-60(96)83-5)67(101)87(6)7/h14,20,26-28,30-32,40,46-47,50,54-58,63-64H,13,15-19,21-25,29,33-39,41-45H2,1-12H3,(H,83,96)(H,84,97)(H,85,95)(H,86,99)/b20-14-/t47-,54-,55-,56-,57-,58+,63-,64-/m0/s1. The summed E-state index contributed by atoms with van der Waals surface area (Å²) >= 11 is 6.15. The van der Waals surface area contributed by atoms with Gasteiger partial charge >= 0.3 is 12.4 Å². The number of amides is 12. The number of hydrogen-bond donors (Lipinski definition) is 4. The predicted octanol–water partition coefficient (Wildman–Crippen LogP) is 6.41. The molecule has 0 radical (unpaired) electrons. The SMILES string of the molecule is CC[C@H](C)[C@H](NC(=O)CCC(C)C)C(=O)N(C)CC(=O)N(C)[C@@H]1COC/C=C\CCN([C@@H](Cc2ccc(C(F)(F)F)cc2)C(=O)N(C)CC(=O)N[C@@H](CCc2ccc(C(F)(F)F)c(Cl)c2)C(=O)N2CCC[C@H]2C(=O)NC2(C(=O)N(C)[C@H](C(=O)N(C)[C@@H](CC(=O)NC)C(=O)N(C)C)C3CCCC3)CCCC2)C1=O. The third kappa shape index (κ3) is 23.3. The lowest BCUT2D eigenvalue weighted by atomic mass is 9.90. The summed E-state index contributed by atoms with van der Waals surface area (Å²) in [5.41, 5.74) is -3.38. The number of nitrogens with zero attached hydrogens (tertiary/aromatic N) is 8. The van der Waals surface area contributed by atoms with Gasteiger partial charge in [-0.3, -0.25) is 57.5 Å². The van der Waals surface area contributed by atoms with E-state index < -0.39 is 167 Å². The number of likely N-dealkylation sites (N-methyl/N-ethyl adjacent to an activating group) is 6. The molecule has 8 atom stereocenters. The van der Waals surface area contributed by atoms with Crippen molar-refractivity contribution < 1.29 is 88.6 Å². The minimum absolute atomic E-state index is 0.00589. The molecule has 594 valence electrons. The van der Waals surface area contributed by atoms with Crippen LogP contribution in [-0.2, 0) is 87.5 Å². The number of alkyl halides is 6. The molecule has 0 spiro atoms. The first-order chi connectivity index (χ1) is 50.3. The Labute approximate surface area is 627 Å². The Morgan fingerprint density at radius 2 is 1.34 bits per heavy atom. The summed E-state index contributed by atoms with van der Waals surface area (Å²) in [7, 11) is 11.1. The van der Waals surface area contributed by atoms with Crippen molar-refractivity contribution >= 4 is 82.5 Å². The zero-order chi connectivity index (χ0) is 79.6. The van der Waals surface area contributed by atoms with Gasteiger partial charge in [0.1, 0.15) is 47.8 Å². The van der Waals surface area contributed by atoms with Gasteiger partial charge in [-0.15, -0.1) is 0 Å². The Balaban J connectivity index is 1.30. The number of benzene rings is 2. The van der Waals surface area contributed by atoms with E-state index >= 15 is 24.0 Å². The number of carbonyl (C=O) groups is 12. The lowest BCUT2D eigenvalue weighted by molar-refractivity contribution is -0.155. The fourth-order valence-electron chi connectivity index (χ4n) is 14.4. The van der Waals surface area contributed by atoms with Crippen molar-refractivity contribution in [3.05, 3.63) is 81.9 Å². The lowest BCUT2D eigenvalue weighted by Crippen LogP contribution is -2.65. The summed E-state index contributed by atoms with van der Waals surface area (Å²) in [6.45, 7) is 5.38. The van der Waals surface area contributed by atoms with Crippen LogP contribution in [0.3, 0.4) is 0 Å². The summed E-state index contributed by atoms with van der Waals surface area (Å²) in [4.78, 5) is 183. The number of carbonyl (C=O) groups excluding carboxylic acids is 12. The largest absolute Gasteiger partial charge is 0.417 e. The number of rotatable bonds is 31. The molecule has 0 aromatic heterocycles. The highest BCUT2D eigenvalue weighted by Gasteiger charge is 2.51. The first-order valence-electron chi connectivity index (χ1n) is 36.7. The van der Waals surface area contributed by atoms with Gasteiger partial charge in [0.25, 0.3) is 0 Å². The van der Waals surface area contributed by atoms with Crippen LogP contribution in [0.15, 0.2) is 54.6 Å². The summed E-state index contributed by atoms with van der Waals surface area (Å²) in [6, 6.07) is -2.49. The third-order valence-corrected chi connectivity index (χ3v) is 21.4. The molecule has 2 aromatic carbocycles. The van der Waals surface area contributed by atoms with E-state index in [1.165, 1.54) is 76.0 Å². The van der Waals surface area contributed by atoms with Gasteiger partial charge in [-0.05, 0) is 117 Å². The second-order valence-corrected chi connectivity index (χ2v) is 29.8. The number of aryl methyl sites for hydroxylation is 1. The fourth-order valence-corrected chi connectivity index (χ4v) is 14.7. The van der Waals surface area contributed by atoms with E-state index in [-0.39, 0.29) is 112 Å². The summed E-state index contributed by atoms with van der Waals surface area (Å²) < 4.78 is 89.6. The molecular weight excluding hydrogens is 1430 g/mol. The molecule has 4 aliphatic rings. The summed E-state index contributed by atoms with van der Waals surface area (Å²) in [5, 5.41) is 10.3. The molecule has 0 bridgehead atoms. The van der Waals surface area contributed by atoms with Crippen molar-refractivity contribution in [2.75, 3.05) is 95.8 Å². The molecule has 0 unspecified atom stereocenters.